The molecule has 0 spiro atoms. The van der Waals surface area contributed by atoms with Crippen LogP contribution in [0.2, 0.25) is 0 Å². The Balaban J connectivity index is 2.15. The van der Waals surface area contributed by atoms with Gasteiger partial charge in [0.2, 0.25) is 0 Å². The molecule has 5 heteroatoms. The number of hydrogen-bond acceptors (Lipinski definition) is 4. The molecular formula is C12H25N3OS. The second-order valence-corrected chi connectivity index (χ2v) is 6.09. The molecule has 4 N–H and O–H groups in total. The zero-order chi connectivity index (χ0) is 12.6. The maximum absolute atomic E-state index is 8.41. The average molecular weight is 259 g/mol. The first-order chi connectivity index (χ1) is 8.22. The van der Waals surface area contributed by atoms with Crippen molar-refractivity contribution in [2.45, 2.75) is 49.7 Å². The molecule has 0 bridgehead atoms. The molecule has 0 aromatic carbocycles. The van der Waals surface area contributed by atoms with E-state index >= 15 is 0 Å². The Labute approximate surface area is 108 Å². The summed E-state index contributed by atoms with van der Waals surface area (Å²) in [5.41, 5.74) is 5.42. The Morgan fingerprint density at radius 2 is 2.12 bits per heavy atom. The van der Waals surface area contributed by atoms with Crippen LogP contribution < -0.4 is 11.1 Å². The summed E-state index contributed by atoms with van der Waals surface area (Å²) in [4.78, 5) is 0. The largest absolute Gasteiger partial charge is 0.409 e. The maximum Gasteiger partial charge on any atom is 0.139 e. The molecule has 1 aliphatic rings. The highest BCUT2D eigenvalue weighted by molar-refractivity contribution is 8.00. The topological polar surface area (TPSA) is 70.6 Å². The number of amidine groups is 1. The standard InChI is InChI=1S/C12H25N3OS/c1-17-12(7-3-2-4-8-12)10-14-9-5-6-11(13)15-16/h14,16H,2-10H2,1H3,(H2,13,15). The zero-order valence-electron chi connectivity index (χ0n) is 10.7. The third-order valence-electron chi connectivity index (χ3n) is 3.56. The number of nitrogens with zero attached hydrogens (tertiary/aromatic N) is 1. The summed E-state index contributed by atoms with van der Waals surface area (Å²) < 4.78 is 0.453. The zero-order valence-corrected chi connectivity index (χ0v) is 11.6. The maximum atomic E-state index is 8.41. The van der Waals surface area contributed by atoms with Crippen LogP contribution >= 0.6 is 11.8 Å². The number of rotatable bonds is 7. The predicted octanol–water partition coefficient (Wildman–Crippen LogP) is 2.17. The molecule has 1 fully saturated rings. The van der Waals surface area contributed by atoms with E-state index in [0.717, 1.165) is 19.5 Å². The summed E-state index contributed by atoms with van der Waals surface area (Å²) >= 11 is 2.01. The lowest BCUT2D eigenvalue weighted by Gasteiger charge is -2.36. The van der Waals surface area contributed by atoms with E-state index in [1.165, 1.54) is 32.1 Å². The number of nitrogens with one attached hydrogen (secondary N) is 1. The van der Waals surface area contributed by atoms with Crippen molar-refractivity contribution in [2.75, 3.05) is 19.3 Å². The van der Waals surface area contributed by atoms with Crippen LogP contribution in [0.3, 0.4) is 0 Å². The quantitative estimate of drug-likeness (QED) is 0.215. The molecule has 4 nitrogen and oxygen atoms in total. The molecule has 0 amide bonds. The van der Waals surface area contributed by atoms with Crippen molar-refractivity contribution in [3.63, 3.8) is 0 Å². The van der Waals surface area contributed by atoms with E-state index < -0.39 is 0 Å². The summed E-state index contributed by atoms with van der Waals surface area (Å²) in [6.07, 6.45) is 10.6. The highest BCUT2D eigenvalue weighted by Crippen LogP contribution is 2.37. The predicted molar refractivity (Wildman–Crippen MR) is 74.8 cm³/mol. The highest BCUT2D eigenvalue weighted by atomic mass is 32.2. The molecular weight excluding hydrogens is 234 g/mol. The molecule has 0 unspecified atom stereocenters. The molecule has 0 aromatic heterocycles. The Kier molecular flexibility index (Phi) is 6.73. The lowest BCUT2D eigenvalue weighted by atomic mass is 9.88. The molecule has 17 heavy (non-hydrogen) atoms. The van der Waals surface area contributed by atoms with Gasteiger partial charge in [-0.3, -0.25) is 0 Å². The molecule has 0 atom stereocenters. The number of oxime groups is 1. The molecule has 0 saturated heterocycles. The van der Waals surface area contributed by atoms with Crippen molar-refractivity contribution >= 4 is 17.6 Å². The van der Waals surface area contributed by atoms with Crippen LogP contribution in [-0.2, 0) is 0 Å². The lowest BCUT2D eigenvalue weighted by molar-refractivity contribution is 0.316. The van der Waals surface area contributed by atoms with E-state index in [-0.39, 0.29) is 0 Å². The van der Waals surface area contributed by atoms with Crippen molar-refractivity contribution < 1.29 is 5.21 Å². The molecule has 0 aliphatic heterocycles. The fourth-order valence-electron chi connectivity index (χ4n) is 2.41. The van der Waals surface area contributed by atoms with Gasteiger partial charge in [0.25, 0.3) is 0 Å². The van der Waals surface area contributed by atoms with Crippen LogP contribution in [-0.4, -0.2) is 35.1 Å². The van der Waals surface area contributed by atoms with Crippen LogP contribution in [0.1, 0.15) is 44.9 Å². The first kappa shape index (κ1) is 14.6. The Hall–Kier alpha value is -0.420. The van der Waals surface area contributed by atoms with Crippen molar-refractivity contribution in [1.29, 1.82) is 0 Å². The van der Waals surface area contributed by atoms with Crippen molar-refractivity contribution in [2.24, 2.45) is 10.9 Å². The summed E-state index contributed by atoms with van der Waals surface area (Å²) in [7, 11) is 0. The minimum absolute atomic E-state index is 0.323. The summed E-state index contributed by atoms with van der Waals surface area (Å²) in [5.74, 6) is 0.323. The normalized spacial score (nSPS) is 20.4. The summed E-state index contributed by atoms with van der Waals surface area (Å²) in [5, 5.41) is 14.9. The van der Waals surface area contributed by atoms with Gasteiger partial charge in [-0.2, -0.15) is 11.8 Å². The van der Waals surface area contributed by atoms with Gasteiger partial charge in [0.05, 0.1) is 0 Å². The van der Waals surface area contributed by atoms with Crippen LogP contribution in [0.4, 0.5) is 0 Å². The highest BCUT2D eigenvalue weighted by Gasteiger charge is 2.30. The summed E-state index contributed by atoms with van der Waals surface area (Å²) in [6.45, 7) is 2.03. The lowest BCUT2D eigenvalue weighted by Crippen LogP contribution is -2.39. The van der Waals surface area contributed by atoms with Gasteiger partial charge in [-0.15, -0.1) is 0 Å². The van der Waals surface area contributed by atoms with Gasteiger partial charge in [-0.25, -0.2) is 0 Å². The molecule has 1 saturated carbocycles. The van der Waals surface area contributed by atoms with Gasteiger partial charge in [0, 0.05) is 17.7 Å². The molecule has 0 radical (unpaired) electrons. The van der Waals surface area contributed by atoms with Gasteiger partial charge in [0.1, 0.15) is 5.84 Å². The van der Waals surface area contributed by atoms with Crippen LogP contribution in [0.15, 0.2) is 5.16 Å². The van der Waals surface area contributed by atoms with E-state index in [4.69, 9.17) is 10.9 Å². The average Bonchev–Trinajstić information content (AvgIpc) is 2.39. The number of hydrogen-bond donors (Lipinski definition) is 3. The molecule has 1 rings (SSSR count). The minimum Gasteiger partial charge on any atom is -0.409 e. The minimum atomic E-state index is 0.323. The summed E-state index contributed by atoms with van der Waals surface area (Å²) in [6, 6.07) is 0. The van der Waals surface area contributed by atoms with E-state index in [1.807, 2.05) is 11.8 Å². The molecule has 100 valence electrons. The fraction of sp³-hybridized carbons (Fsp3) is 0.917. The van der Waals surface area contributed by atoms with Crippen LogP contribution in [0.5, 0.6) is 0 Å². The van der Waals surface area contributed by atoms with Crippen LogP contribution in [0, 0.1) is 0 Å². The third-order valence-corrected chi connectivity index (χ3v) is 4.98. The van der Waals surface area contributed by atoms with Gasteiger partial charge >= 0.3 is 0 Å². The van der Waals surface area contributed by atoms with Gasteiger partial charge in [-0.1, -0.05) is 24.4 Å². The van der Waals surface area contributed by atoms with Crippen molar-refractivity contribution in [1.82, 2.24) is 5.32 Å². The first-order valence-corrected chi connectivity index (χ1v) is 7.67. The molecule has 0 heterocycles. The Morgan fingerprint density at radius 1 is 1.41 bits per heavy atom. The van der Waals surface area contributed by atoms with E-state index in [2.05, 4.69) is 16.7 Å². The Bertz CT molecular complexity index is 240. The number of nitrogens with two attached hydrogens (primary N) is 1. The second-order valence-electron chi connectivity index (χ2n) is 4.82. The van der Waals surface area contributed by atoms with Gasteiger partial charge < -0.3 is 16.3 Å². The third kappa shape index (κ3) is 5.17. The monoisotopic (exact) mass is 259 g/mol. The number of thioether (sulfide) groups is 1. The van der Waals surface area contributed by atoms with E-state index in [1.54, 1.807) is 0 Å². The molecule has 0 aromatic rings. The van der Waals surface area contributed by atoms with Crippen molar-refractivity contribution in [3.8, 4) is 0 Å². The van der Waals surface area contributed by atoms with Gasteiger partial charge in [-0.05, 0) is 32.1 Å². The smallest absolute Gasteiger partial charge is 0.139 e. The van der Waals surface area contributed by atoms with E-state index in [9.17, 15) is 0 Å². The second kappa shape index (κ2) is 7.82. The first-order valence-electron chi connectivity index (χ1n) is 6.45. The fourth-order valence-corrected chi connectivity index (χ4v) is 3.35. The van der Waals surface area contributed by atoms with E-state index in [0.29, 0.717) is 17.0 Å². The Morgan fingerprint density at radius 3 is 2.71 bits per heavy atom. The van der Waals surface area contributed by atoms with Crippen LogP contribution in [0.25, 0.3) is 0 Å². The van der Waals surface area contributed by atoms with Crippen molar-refractivity contribution in [3.05, 3.63) is 0 Å². The SMILES string of the molecule is CSC1(CNCCCC(N)=NO)CCCCC1. The molecule has 1 aliphatic carbocycles. The van der Waals surface area contributed by atoms with Gasteiger partial charge in [0.15, 0.2) is 0 Å².